The number of hydrogen-bond donors (Lipinski definition) is 1. The second-order valence-electron chi connectivity index (χ2n) is 5.99. The van der Waals surface area contributed by atoms with Crippen LogP contribution in [0.2, 0.25) is 10.0 Å². The molecular weight excluding hydrogens is 434 g/mol. The molecule has 3 aromatic rings. The van der Waals surface area contributed by atoms with Gasteiger partial charge in [-0.05, 0) is 64.7 Å². The summed E-state index contributed by atoms with van der Waals surface area (Å²) in [6, 6.07) is 13.2. The second-order valence-corrected chi connectivity index (χ2v) is 8.42. The standard InChI is InChI=1S/C19H12Cl2F3NO2S/c20-14-7-12(8-15(21)10-14)17-6-3-13(19(22,23)24)9-18(17)11-1-4-16(5-2-11)28(25,26)27/h1-10H,(H2,25,26,27). The summed E-state index contributed by atoms with van der Waals surface area (Å²) in [5.74, 6) is 0. The van der Waals surface area contributed by atoms with Gasteiger partial charge in [0.1, 0.15) is 0 Å². The molecule has 3 nitrogen and oxygen atoms in total. The topological polar surface area (TPSA) is 60.2 Å². The highest BCUT2D eigenvalue weighted by atomic mass is 35.5. The van der Waals surface area contributed by atoms with Crippen molar-refractivity contribution in [2.24, 2.45) is 5.14 Å². The van der Waals surface area contributed by atoms with Gasteiger partial charge >= 0.3 is 6.18 Å². The zero-order valence-corrected chi connectivity index (χ0v) is 16.3. The van der Waals surface area contributed by atoms with E-state index in [2.05, 4.69) is 0 Å². The molecule has 0 radical (unpaired) electrons. The molecule has 146 valence electrons. The van der Waals surface area contributed by atoms with Crippen LogP contribution < -0.4 is 5.14 Å². The Morgan fingerprint density at radius 3 is 1.82 bits per heavy atom. The molecule has 0 fully saturated rings. The van der Waals surface area contributed by atoms with E-state index in [1.165, 1.54) is 36.4 Å². The fourth-order valence-corrected chi connectivity index (χ4v) is 3.79. The smallest absolute Gasteiger partial charge is 0.225 e. The number of alkyl halides is 3. The van der Waals surface area contributed by atoms with Crippen LogP contribution in [0, 0.1) is 0 Å². The van der Waals surface area contributed by atoms with Crippen molar-refractivity contribution >= 4 is 33.2 Å². The van der Waals surface area contributed by atoms with Crippen molar-refractivity contribution in [3.05, 3.63) is 76.3 Å². The maximum atomic E-state index is 13.2. The second kappa shape index (κ2) is 7.40. The molecule has 0 saturated heterocycles. The highest BCUT2D eigenvalue weighted by molar-refractivity contribution is 7.89. The van der Waals surface area contributed by atoms with Gasteiger partial charge in [0.15, 0.2) is 0 Å². The van der Waals surface area contributed by atoms with Gasteiger partial charge in [-0.1, -0.05) is 41.4 Å². The van der Waals surface area contributed by atoms with E-state index in [-0.39, 0.29) is 10.5 Å². The molecule has 2 N–H and O–H groups in total. The van der Waals surface area contributed by atoms with Crippen LogP contribution in [0.5, 0.6) is 0 Å². The molecule has 3 rings (SSSR count). The summed E-state index contributed by atoms with van der Waals surface area (Å²) in [5.41, 5.74) is 0.770. The monoisotopic (exact) mass is 445 g/mol. The summed E-state index contributed by atoms with van der Waals surface area (Å²) in [4.78, 5) is -0.143. The van der Waals surface area contributed by atoms with Crippen molar-refractivity contribution < 1.29 is 21.6 Å². The lowest BCUT2D eigenvalue weighted by molar-refractivity contribution is -0.137. The summed E-state index contributed by atoms with van der Waals surface area (Å²) < 4.78 is 62.5. The van der Waals surface area contributed by atoms with E-state index in [0.717, 1.165) is 12.1 Å². The molecule has 0 aliphatic heterocycles. The first-order valence-electron chi connectivity index (χ1n) is 7.76. The normalized spacial score (nSPS) is 12.2. The van der Waals surface area contributed by atoms with Crippen LogP contribution in [0.15, 0.2) is 65.6 Å². The molecule has 0 aromatic heterocycles. The number of benzene rings is 3. The van der Waals surface area contributed by atoms with Gasteiger partial charge in [0.05, 0.1) is 10.5 Å². The number of primary sulfonamides is 1. The van der Waals surface area contributed by atoms with Crippen molar-refractivity contribution in [3.63, 3.8) is 0 Å². The van der Waals surface area contributed by atoms with Crippen molar-refractivity contribution in [2.45, 2.75) is 11.1 Å². The minimum absolute atomic E-state index is 0.143. The Morgan fingerprint density at radius 1 is 0.750 bits per heavy atom. The van der Waals surface area contributed by atoms with Gasteiger partial charge in [0.2, 0.25) is 10.0 Å². The van der Waals surface area contributed by atoms with Gasteiger partial charge in [-0.2, -0.15) is 13.2 Å². The van der Waals surface area contributed by atoms with E-state index in [1.807, 2.05) is 0 Å². The summed E-state index contributed by atoms with van der Waals surface area (Å²) in [5, 5.41) is 5.74. The molecule has 0 bridgehead atoms. The van der Waals surface area contributed by atoms with Crippen molar-refractivity contribution in [2.75, 3.05) is 0 Å². The fraction of sp³-hybridized carbons (Fsp3) is 0.0526. The lowest BCUT2D eigenvalue weighted by Crippen LogP contribution is -2.11. The number of rotatable bonds is 3. The summed E-state index contributed by atoms with van der Waals surface area (Å²) in [6.45, 7) is 0. The van der Waals surface area contributed by atoms with Crippen LogP contribution in [0.4, 0.5) is 13.2 Å². The van der Waals surface area contributed by atoms with Crippen LogP contribution in [0.3, 0.4) is 0 Å². The summed E-state index contributed by atoms with van der Waals surface area (Å²) in [6.07, 6.45) is -4.54. The third kappa shape index (κ3) is 4.50. The van der Waals surface area contributed by atoms with Crippen LogP contribution >= 0.6 is 23.2 Å². The number of halogens is 5. The van der Waals surface area contributed by atoms with E-state index in [1.54, 1.807) is 12.1 Å². The van der Waals surface area contributed by atoms with Crippen LogP contribution in [-0.4, -0.2) is 8.42 Å². The van der Waals surface area contributed by atoms with Gasteiger partial charge in [-0.15, -0.1) is 0 Å². The van der Waals surface area contributed by atoms with Gasteiger partial charge in [0.25, 0.3) is 0 Å². The van der Waals surface area contributed by atoms with E-state index in [4.69, 9.17) is 28.3 Å². The first-order chi connectivity index (χ1) is 12.9. The lowest BCUT2D eigenvalue weighted by atomic mass is 9.92. The molecule has 0 amide bonds. The third-order valence-corrected chi connectivity index (χ3v) is 5.38. The lowest BCUT2D eigenvalue weighted by Gasteiger charge is -2.15. The fourth-order valence-electron chi connectivity index (χ4n) is 2.74. The van der Waals surface area contributed by atoms with Crippen LogP contribution in [-0.2, 0) is 16.2 Å². The largest absolute Gasteiger partial charge is 0.416 e. The quantitative estimate of drug-likeness (QED) is 0.537. The third-order valence-electron chi connectivity index (χ3n) is 4.01. The zero-order valence-electron chi connectivity index (χ0n) is 14.0. The molecule has 0 heterocycles. The first kappa shape index (κ1) is 20.7. The minimum Gasteiger partial charge on any atom is -0.225 e. The maximum absolute atomic E-state index is 13.2. The molecule has 0 spiro atoms. The first-order valence-corrected chi connectivity index (χ1v) is 10.1. The van der Waals surface area contributed by atoms with E-state index < -0.39 is 21.8 Å². The SMILES string of the molecule is NS(=O)(=O)c1ccc(-c2cc(C(F)(F)F)ccc2-c2cc(Cl)cc(Cl)c2)cc1. The average molecular weight is 446 g/mol. The van der Waals surface area contributed by atoms with Crippen molar-refractivity contribution in [1.82, 2.24) is 0 Å². The number of hydrogen-bond acceptors (Lipinski definition) is 2. The molecular formula is C19H12Cl2F3NO2S. The average Bonchev–Trinajstić information content (AvgIpc) is 2.59. The predicted octanol–water partition coefficient (Wildman–Crippen LogP) is 5.99. The van der Waals surface area contributed by atoms with Crippen LogP contribution in [0.25, 0.3) is 22.3 Å². The highest BCUT2D eigenvalue weighted by Gasteiger charge is 2.31. The maximum Gasteiger partial charge on any atom is 0.416 e. The van der Waals surface area contributed by atoms with Gasteiger partial charge in [0, 0.05) is 10.0 Å². The Kier molecular flexibility index (Phi) is 5.46. The molecule has 28 heavy (non-hydrogen) atoms. The summed E-state index contributed by atoms with van der Waals surface area (Å²) >= 11 is 12.1. The molecule has 0 aliphatic carbocycles. The number of sulfonamides is 1. The Balaban J connectivity index is 2.24. The highest BCUT2D eigenvalue weighted by Crippen LogP contribution is 2.39. The Bertz CT molecular complexity index is 1120. The van der Waals surface area contributed by atoms with E-state index >= 15 is 0 Å². The van der Waals surface area contributed by atoms with Gasteiger partial charge in [-0.3, -0.25) is 0 Å². The Morgan fingerprint density at radius 2 is 1.32 bits per heavy atom. The molecule has 0 aliphatic rings. The predicted molar refractivity (Wildman–Crippen MR) is 104 cm³/mol. The van der Waals surface area contributed by atoms with Crippen LogP contribution in [0.1, 0.15) is 5.56 Å². The molecule has 0 unspecified atom stereocenters. The van der Waals surface area contributed by atoms with Gasteiger partial charge < -0.3 is 0 Å². The zero-order chi connectivity index (χ0) is 20.7. The Labute approximate surface area is 169 Å². The summed E-state index contributed by atoms with van der Waals surface area (Å²) in [7, 11) is -3.92. The molecule has 9 heteroatoms. The van der Waals surface area contributed by atoms with Crippen molar-refractivity contribution in [3.8, 4) is 22.3 Å². The number of nitrogens with two attached hydrogens (primary N) is 1. The van der Waals surface area contributed by atoms with Crippen molar-refractivity contribution in [1.29, 1.82) is 0 Å². The molecule has 3 aromatic carbocycles. The molecule has 0 saturated carbocycles. The minimum atomic E-state index is -4.54. The van der Waals surface area contributed by atoms with Gasteiger partial charge in [-0.25, -0.2) is 13.6 Å². The van der Waals surface area contributed by atoms with E-state index in [9.17, 15) is 21.6 Å². The Hall–Kier alpha value is -2.06. The molecule has 0 atom stereocenters. The van der Waals surface area contributed by atoms with E-state index in [0.29, 0.717) is 26.7 Å².